The van der Waals surface area contributed by atoms with Crippen molar-refractivity contribution in [3.63, 3.8) is 0 Å². The number of nitrogens with zero attached hydrogens (tertiary/aromatic N) is 2. The molecule has 0 aromatic carbocycles. The molecule has 3 heteroatoms. The molecule has 1 heterocycles. The number of hydrogen-bond donors (Lipinski definition) is 0. The molecule has 0 saturated carbocycles. The van der Waals surface area contributed by atoms with Crippen LogP contribution in [-0.2, 0) is 0 Å². The third kappa shape index (κ3) is 3.67. The first-order valence-corrected chi connectivity index (χ1v) is 6.96. The molecule has 2 atom stereocenters. The highest BCUT2D eigenvalue weighted by atomic mass is 19.1. The highest BCUT2D eigenvalue weighted by Gasteiger charge is 2.51. The van der Waals surface area contributed by atoms with Gasteiger partial charge in [-0.25, -0.2) is 4.39 Å². The summed E-state index contributed by atoms with van der Waals surface area (Å²) in [7, 11) is 3.90. The Labute approximate surface area is 113 Å². The van der Waals surface area contributed by atoms with Gasteiger partial charge in [0.2, 0.25) is 0 Å². The van der Waals surface area contributed by atoms with E-state index in [0.717, 1.165) is 0 Å². The second-order valence-electron chi connectivity index (χ2n) is 8.27. The Balaban J connectivity index is 2.96. The molecule has 1 aliphatic rings. The molecule has 0 bridgehead atoms. The SMILES string of the molecule is CN(C)CC1(F)C[C@@H](C(C)(C)C)N(C(C)(C)C)C1. The average molecular weight is 258 g/mol. The molecule has 0 aromatic heterocycles. The average Bonchev–Trinajstić information content (AvgIpc) is 2.39. The maximum atomic E-state index is 15.0. The molecule has 0 N–H and O–H groups in total. The van der Waals surface area contributed by atoms with E-state index in [0.29, 0.717) is 25.6 Å². The van der Waals surface area contributed by atoms with E-state index >= 15 is 4.39 Å². The van der Waals surface area contributed by atoms with Crippen LogP contribution in [-0.4, -0.2) is 54.2 Å². The molecule has 2 nitrogen and oxygen atoms in total. The normalized spacial score (nSPS) is 31.3. The highest BCUT2D eigenvalue weighted by Crippen LogP contribution is 2.43. The number of likely N-dealkylation sites (tertiary alicyclic amines) is 1. The van der Waals surface area contributed by atoms with Gasteiger partial charge in [0.25, 0.3) is 0 Å². The van der Waals surface area contributed by atoms with Gasteiger partial charge in [-0.1, -0.05) is 20.8 Å². The minimum absolute atomic E-state index is 0.0259. The van der Waals surface area contributed by atoms with E-state index in [1.165, 1.54) is 0 Å². The largest absolute Gasteiger partial charge is 0.306 e. The van der Waals surface area contributed by atoms with Crippen LogP contribution in [0.2, 0.25) is 0 Å². The summed E-state index contributed by atoms with van der Waals surface area (Å²) in [4.78, 5) is 4.32. The van der Waals surface area contributed by atoms with Gasteiger partial charge in [0.05, 0.1) is 0 Å². The standard InChI is InChI=1S/C15H31FN2/c1-13(2,3)12-9-15(16,10-17(7)8)11-18(12)14(4,5)6/h12H,9-11H2,1-8H3/t12-,15?/m0/s1. The Kier molecular flexibility index (Phi) is 4.20. The number of halogens is 1. The van der Waals surface area contributed by atoms with Crippen LogP contribution in [0.5, 0.6) is 0 Å². The predicted molar refractivity (Wildman–Crippen MR) is 76.7 cm³/mol. The quantitative estimate of drug-likeness (QED) is 0.750. The van der Waals surface area contributed by atoms with E-state index in [2.05, 4.69) is 46.4 Å². The van der Waals surface area contributed by atoms with Crippen LogP contribution in [0.25, 0.3) is 0 Å². The third-order valence-electron chi connectivity index (χ3n) is 3.85. The fourth-order valence-corrected chi connectivity index (χ4v) is 3.10. The van der Waals surface area contributed by atoms with Crippen molar-refractivity contribution >= 4 is 0 Å². The zero-order valence-corrected chi connectivity index (χ0v) is 13.5. The topological polar surface area (TPSA) is 6.48 Å². The van der Waals surface area contributed by atoms with Crippen molar-refractivity contribution in [3.05, 3.63) is 0 Å². The van der Waals surface area contributed by atoms with Crippen LogP contribution < -0.4 is 0 Å². The van der Waals surface area contributed by atoms with Crippen LogP contribution >= 0.6 is 0 Å². The molecule has 1 unspecified atom stereocenters. The summed E-state index contributed by atoms with van der Waals surface area (Å²) in [5, 5.41) is 0. The van der Waals surface area contributed by atoms with Crippen molar-refractivity contribution in [3.8, 4) is 0 Å². The lowest BCUT2D eigenvalue weighted by Gasteiger charge is -2.42. The summed E-state index contributed by atoms with van der Waals surface area (Å²) in [5.74, 6) is 0. The molecule has 1 saturated heterocycles. The van der Waals surface area contributed by atoms with Crippen LogP contribution in [0.1, 0.15) is 48.0 Å². The van der Waals surface area contributed by atoms with Crippen molar-refractivity contribution in [1.29, 1.82) is 0 Å². The van der Waals surface area contributed by atoms with Gasteiger partial charge in [-0.3, -0.25) is 4.90 Å². The van der Waals surface area contributed by atoms with Crippen molar-refractivity contribution in [1.82, 2.24) is 9.80 Å². The van der Waals surface area contributed by atoms with E-state index in [9.17, 15) is 0 Å². The molecule has 1 aliphatic heterocycles. The van der Waals surface area contributed by atoms with E-state index in [1.54, 1.807) is 0 Å². The van der Waals surface area contributed by atoms with Gasteiger partial charge in [-0.2, -0.15) is 0 Å². The second-order valence-corrected chi connectivity index (χ2v) is 8.27. The van der Waals surface area contributed by atoms with Gasteiger partial charge >= 0.3 is 0 Å². The lowest BCUT2D eigenvalue weighted by atomic mass is 9.82. The summed E-state index contributed by atoms with van der Waals surface area (Å²) < 4.78 is 15.0. The molecule has 0 radical (unpaired) electrons. The summed E-state index contributed by atoms with van der Waals surface area (Å²) in [6.07, 6.45) is 0.645. The van der Waals surface area contributed by atoms with Gasteiger partial charge in [-0.05, 0) is 46.7 Å². The predicted octanol–water partition coefficient (Wildman–Crippen LogP) is 3.18. The molecule has 1 fully saturated rings. The van der Waals surface area contributed by atoms with Gasteiger partial charge < -0.3 is 4.90 Å². The van der Waals surface area contributed by atoms with E-state index in [-0.39, 0.29) is 11.0 Å². The first-order valence-electron chi connectivity index (χ1n) is 6.96. The van der Waals surface area contributed by atoms with Gasteiger partial charge in [-0.15, -0.1) is 0 Å². The zero-order valence-electron chi connectivity index (χ0n) is 13.5. The Morgan fingerprint density at radius 1 is 1.17 bits per heavy atom. The molecule has 0 aliphatic carbocycles. The molecule has 18 heavy (non-hydrogen) atoms. The van der Waals surface area contributed by atoms with Crippen molar-refractivity contribution in [2.24, 2.45) is 5.41 Å². The molecule has 108 valence electrons. The first kappa shape index (κ1) is 15.9. The Bertz CT molecular complexity index is 264. The summed E-state index contributed by atoms with van der Waals surface area (Å²) >= 11 is 0. The second kappa shape index (κ2) is 4.75. The van der Waals surface area contributed by atoms with E-state index < -0.39 is 5.67 Å². The van der Waals surface area contributed by atoms with Crippen molar-refractivity contribution in [2.45, 2.75) is 65.2 Å². The van der Waals surface area contributed by atoms with Crippen molar-refractivity contribution < 1.29 is 4.39 Å². The lowest BCUT2D eigenvalue weighted by molar-refractivity contribution is 0.0513. The monoisotopic (exact) mass is 258 g/mol. The molecule has 0 aromatic rings. The maximum absolute atomic E-state index is 15.0. The summed E-state index contributed by atoms with van der Waals surface area (Å²) in [6.45, 7) is 14.3. The van der Waals surface area contributed by atoms with Crippen LogP contribution in [0.4, 0.5) is 4.39 Å². The Morgan fingerprint density at radius 3 is 1.94 bits per heavy atom. The van der Waals surface area contributed by atoms with Crippen molar-refractivity contribution in [2.75, 3.05) is 27.2 Å². The van der Waals surface area contributed by atoms with Crippen LogP contribution in [0.15, 0.2) is 0 Å². The Hall–Kier alpha value is -0.150. The fourth-order valence-electron chi connectivity index (χ4n) is 3.10. The van der Waals surface area contributed by atoms with Crippen LogP contribution in [0.3, 0.4) is 0 Å². The minimum Gasteiger partial charge on any atom is -0.306 e. The lowest BCUT2D eigenvalue weighted by Crippen LogP contribution is -2.50. The Morgan fingerprint density at radius 2 is 1.67 bits per heavy atom. The molecular weight excluding hydrogens is 227 g/mol. The molecular formula is C15H31FN2. The minimum atomic E-state index is -1.07. The zero-order chi connectivity index (χ0) is 14.4. The molecule has 0 amide bonds. The molecule has 0 spiro atoms. The summed E-state index contributed by atoms with van der Waals surface area (Å²) in [6, 6.07) is 0.308. The molecule has 1 rings (SSSR count). The first-order chi connectivity index (χ1) is 7.85. The van der Waals surface area contributed by atoms with E-state index in [4.69, 9.17) is 0 Å². The number of rotatable bonds is 2. The summed E-state index contributed by atoms with van der Waals surface area (Å²) in [5.41, 5.74) is -0.930. The third-order valence-corrected chi connectivity index (χ3v) is 3.85. The number of alkyl halides is 1. The van der Waals surface area contributed by atoms with E-state index in [1.807, 2.05) is 19.0 Å². The highest BCUT2D eigenvalue weighted by molar-refractivity contribution is 5.05. The van der Waals surface area contributed by atoms with Gasteiger partial charge in [0, 0.05) is 24.7 Å². The maximum Gasteiger partial charge on any atom is 0.137 e. The van der Waals surface area contributed by atoms with Gasteiger partial charge in [0.1, 0.15) is 5.67 Å². The van der Waals surface area contributed by atoms with Crippen LogP contribution in [0, 0.1) is 5.41 Å². The number of hydrogen-bond acceptors (Lipinski definition) is 2. The van der Waals surface area contributed by atoms with Gasteiger partial charge in [0.15, 0.2) is 0 Å². The fraction of sp³-hybridized carbons (Fsp3) is 1.00. The smallest absolute Gasteiger partial charge is 0.137 e.